The number of hydrogen-bond acceptors (Lipinski definition) is 3. The second kappa shape index (κ2) is 6.92. The van der Waals surface area contributed by atoms with Crippen LogP contribution in [-0.2, 0) is 4.79 Å². The van der Waals surface area contributed by atoms with E-state index in [9.17, 15) is 14.7 Å². The van der Waals surface area contributed by atoms with Gasteiger partial charge in [-0.25, -0.2) is 9.59 Å². The normalized spacial score (nSPS) is 19.4. The van der Waals surface area contributed by atoms with Crippen molar-refractivity contribution >= 4 is 12.0 Å². The van der Waals surface area contributed by atoms with Gasteiger partial charge in [0.05, 0.1) is 0 Å². The number of urea groups is 1. The zero-order valence-electron chi connectivity index (χ0n) is 12.9. The maximum absolute atomic E-state index is 11.9. The molecule has 2 atom stereocenters. The molecule has 0 saturated carbocycles. The molecule has 0 aliphatic carbocycles. The molecule has 0 bridgehead atoms. The molecule has 1 saturated heterocycles. The van der Waals surface area contributed by atoms with Gasteiger partial charge in [-0.2, -0.15) is 0 Å². The van der Waals surface area contributed by atoms with E-state index in [4.69, 9.17) is 0 Å². The molecule has 116 valence electrons. The molecule has 6 heteroatoms. The minimum atomic E-state index is -1.01. The second-order valence-electron chi connectivity index (χ2n) is 6.66. The first-order valence-corrected chi connectivity index (χ1v) is 7.22. The number of carbonyl (C=O) groups excluding carboxylic acids is 1. The molecule has 1 fully saturated rings. The molecule has 3 N–H and O–H groups in total. The highest BCUT2D eigenvalue weighted by Gasteiger charge is 2.32. The number of carboxylic acid groups (broad SMARTS) is 1. The first-order chi connectivity index (χ1) is 9.20. The van der Waals surface area contributed by atoms with E-state index < -0.39 is 23.5 Å². The predicted molar refractivity (Wildman–Crippen MR) is 77.7 cm³/mol. The lowest BCUT2D eigenvalue weighted by molar-refractivity contribution is -0.141. The lowest BCUT2D eigenvalue weighted by Gasteiger charge is -2.29. The molecule has 6 nitrogen and oxygen atoms in total. The average Bonchev–Trinajstić information content (AvgIpc) is 2.76. The summed E-state index contributed by atoms with van der Waals surface area (Å²) in [4.78, 5) is 25.4. The SMILES string of the molecule is CC(CN1CCCC1)NC(=O)N[C@H](C(=O)O)C(C)(C)C. The Morgan fingerprint density at radius 2 is 1.75 bits per heavy atom. The van der Waals surface area contributed by atoms with Crippen molar-refractivity contribution < 1.29 is 14.7 Å². The topological polar surface area (TPSA) is 81.7 Å². The Labute approximate surface area is 120 Å². The van der Waals surface area contributed by atoms with E-state index in [1.165, 1.54) is 12.8 Å². The minimum Gasteiger partial charge on any atom is -0.480 e. The van der Waals surface area contributed by atoms with Crippen molar-refractivity contribution in [3.05, 3.63) is 0 Å². The van der Waals surface area contributed by atoms with Crippen molar-refractivity contribution in [2.24, 2.45) is 5.41 Å². The maximum Gasteiger partial charge on any atom is 0.326 e. The third-order valence-corrected chi connectivity index (χ3v) is 3.50. The van der Waals surface area contributed by atoms with Gasteiger partial charge in [0.1, 0.15) is 6.04 Å². The third kappa shape index (κ3) is 5.36. The van der Waals surface area contributed by atoms with Gasteiger partial charge < -0.3 is 20.6 Å². The highest BCUT2D eigenvalue weighted by Crippen LogP contribution is 2.19. The van der Waals surface area contributed by atoms with Crippen molar-refractivity contribution in [3.8, 4) is 0 Å². The molecule has 1 aliphatic heterocycles. The fourth-order valence-electron chi connectivity index (χ4n) is 2.44. The van der Waals surface area contributed by atoms with Gasteiger partial charge in [-0.05, 0) is 38.3 Å². The summed E-state index contributed by atoms with van der Waals surface area (Å²) in [5, 5.41) is 14.5. The van der Waals surface area contributed by atoms with Crippen LogP contribution in [0.15, 0.2) is 0 Å². The average molecular weight is 285 g/mol. The van der Waals surface area contributed by atoms with Gasteiger partial charge in [0, 0.05) is 12.6 Å². The van der Waals surface area contributed by atoms with Crippen LogP contribution in [0.1, 0.15) is 40.5 Å². The van der Waals surface area contributed by atoms with Crippen molar-refractivity contribution in [1.82, 2.24) is 15.5 Å². The van der Waals surface area contributed by atoms with E-state index in [1.807, 2.05) is 6.92 Å². The molecule has 1 rings (SSSR count). The standard InChI is InChI=1S/C14H27N3O3/c1-10(9-17-7-5-6-8-17)15-13(20)16-11(12(18)19)14(2,3)4/h10-11H,5-9H2,1-4H3,(H,18,19)(H2,15,16,20)/t10?,11-/m1/s1. The maximum atomic E-state index is 11.9. The van der Waals surface area contributed by atoms with Crippen molar-refractivity contribution in [2.75, 3.05) is 19.6 Å². The number of amides is 2. The number of likely N-dealkylation sites (tertiary alicyclic amines) is 1. The van der Waals surface area contributed by atoms with Gasteiger partial charge in [0.25, 0.3) is 0 Å². The fraction of sp³-hybridized carbons (Fsp3) is 0.857. The number of nitrogens with one attached hydrogen (secondary N) is 2. The fourth-order valence-corrected chi connectivity index (χ4v) is 2.44. The van der Waals surface area contributed by atoms with E-state index in [2.05, 4.69) is 15.5 Å². The Balaban J connectivity index is 2.42. The van der Waals surface area contributed by atoms with Crippen LogP contribution in [0.25, 0.3) is 0 Å². The molecule has 20 heavy (non-hydrogen) atoms. The molecule has 0 aromatic heterocycles. The van der Waals surface area contributed by atoms with E-state index in [1.54, 1.807) is 20.8 Å². The minimum absolute atomic E-state index is 0.00233. The van der Waals surface area contributed by atoms with E-state index in [0.29, 0.717) is 0 Å². The first-order valence-electron chi connectivity index (χ1n) is 7.22. The summed E-state index contributed by atoms with van der Waals surface area (Å²) in [5.41, 5.74) is -0.526. The Morgan fingerprint density at radius 1 is 1.20 bits per heavy atom. The summed E-state index contributed by atoms with van der Waals surface area (Å²) in [5.74, 6) is -1.01. The summed E-state index contributed by atoms with van der Waals surface area (Å²) < 4.78 is 0. The van der Waals surface area contributed by atoms with Gasteiger partial charge in [0.2, 0.25) is 0 Å². The molecule has 1 unspecified atom stereocenters. The van der Waals surface area contributed by atoms with Gasteiger partial charge in [-0.15, -0.1) is 0 Å². The van der Waals surface area contributed by atoms with E-state index in [-0.39, 0.29) is 6.04 Å². The molecular formula is C14H27N3O3. The summed E-state index contributed by atoms with van der Waals surface area (Å²) in [6.07, 6.45) is 2.42. The number of carboxylic acids is 1. The number of nitrogens with zero attached hydrogens (tertiary/aromatic N) is 1. The van der Waals surface area contributed by atoms with Crippen LogP contribution in [0.5, 0.6) is 0 Å². The number of aliphatic carboxylic acids is 1. The smallest absolute Gasteiger partial charge is 0.326 e. The van der Waals surface area contributed by atoms with Gasteiger partial charge in [-0.1, -0.05) is 20.8 Å². The van der Waals surface area contributed by atoms with Crippen LogP contribution >= 0.6 is 0 Å². The quantitative estimate of drug-likeness (QED) is 0.710. The lowest BCUT2D eigenvalue weighted by Crippen LogP contribution is -2.54. The molecule has 1 heterocycles. The van der Waals surface area contributed by atoms with Crippen LogP contribution in [-0.4, -0.2) is 53.7 Å². The first kappa shape index (κ1) is 16.8. The molecule has 0 spiro atoms. The zero-order chi connectivity index (χ0) is 15.3. The monoisotopic (exact) mass is 285 g/mol. The Kier molecular flexibility index (Phi) is 5.80. The van der Waals surface area contributed by atoms with Crippen molar-refractivity contribution in [1.29, 1.82) is 0 Å². The molecule has 0 aromatic carbocycles. The van der Waals surface area contributed by atoms with E-state index in [0.717, 1.165) is 19.6 Å². The van der Waals surface area contributed by atoms with Crippen LogP contribution in [0.2, 0.25) is 0 Å². The number of rotatable bonds is 5. The second-order valence-corrected chi connectivity index (χ2v) is 6.66. The molecule has 0 radical (unpaired) electrons. The summed E-state index contributed by atoms with van der Waals surface area (Å²) in [7, 11) is 0. The van der Waals surface area contributed by atoms with Crippen LogP contribution in [0.3, 0.4) is 0 Å². The van der Waals surface area contributed by atoms with Crippen LogP contribution < -0.4 is 10.6 Å². The summed E-state index contributed by atoms with van der Waals surface area (Å²) in [6, 6.07) is -1.32. The molecule has 2 amide bonds. The zero-order valence-corrected chi connectivity index (χ0v) is 12.9. The predicted octanol–water partition coefficient (Wildman–Crippen LogP) is 1.27. The third-order valence-electron chi connectivity index (χ3n) is 3.50. The Hall–Kier alpha value is -1.30. The van der Waals surface area contributed by atoms with Crippen LogP contribution in [0.4, 0.5) is 4.79 Å². The molecule has 0 aromatic rings. The van der Waals surface area contributed by atoms with Gasteiger partial charge in [0.15, 0.2) is 0 Å². The van der Waals surface area contributed by atoms with Gasteiger partial charge >= 0.3 is 12.0 Å². The molecular weight excluding hydrogens is 258 g/mol. The van der Waals surface area contributed by atoms with E-state index >= 15 is 0 Å². The summed E-state index contributed by atoms with van der Waals surface area (Å²) in [6.45, 7) is 10.3. The van der Waals surface area contributed by atoms with Crippen molar-refractivity contribution in [2.45, 2.75) is 52.6 Å². The lowest BCUT2D eigenvalue weighted by atomic mass is 9.87. The number of hydrogen-bond donors (Lipinski definition) is 3. The Morgan fingerprint density at radius 3 is 2.20 bits per heavy atom. The largest absolute Gasteiger partial charge is 0.480 e. The molecule has 1 aliphatic rings. The highest BCUT2D eigenvalue weighted by atomic mass is 16.4. The number of carbonyl (C=O) groups is 2. The van der Waals surface area contributed by atoms with Crippen molar-refractivity contribution in [3.63, 3.8) is 0 Å². The highest BCUT2D eigenvalue weighted by molar-refractivity contribution is 5.83. The van der Waals surface area contributed by atoms with Crippen LogP contribution in [0, 0.1) is 5.41 Å². The summed E-state index contributed by atoms with van der Waals surface area (Å²) >= 11 is 0. The van der Waals surface area contributed by atoms with Gasteiger partial charge in [-0.3, -0.25) is 0 Å². The Bertz CT molecular complexity index is 346.